The predicted molar refractivity (Wildman–Crippen MR) is 126 cm³/mol. The van der Waals surface area contributed by atoms with Gasteiger partial charge in [0, 0.05) is 73.5 Å². The monoisotopic (exact) mass is 468 g/mol. The van der Waals surface area contributed by atoms with Gasteiger partial charge in [0.25, 0.3) is 0 Å². The molecule has 2 saturated carbocycles. The molecule has 9 heteroatoms. The van der Waals surface area contributed by atoms with Gasteiger partial charge in [-0.05, 0) is 45.1 Å². The molecule has 2 saturated heterocycles. The van der Waals surface area contributed by atoms with Crippen molar-refractivity contribution in [3.05, 3.63) is 30.0 Å². The highest BCUT2D eigenvalue weighted by atomic mass is 19.1. The average molecular weight is 469 g/mol. The molecular formula is C25H33FN6O2. The number of anilines is 1. The van der Waals surface area contributed by atoms with E-state index in [4.69, 9.17) is 4.74 Å². The topological polar surface area (TPSA) is 77.6 Å². The molecular weight excluding hydrogens is 435 g/mol. The molecule has 8 nitrogen and oxygen atoms in total. The predicted octanol–water partition coefficient (Wildman–Crippen LogP) is 3.62. The van der Waals surface area contributed by atoms with Crippen molar-refractivity contribution in [1.82, 2.24) is 25.0 Å². The Hall–Kier alpha value is -2.68. The molecule has 4 fully saturated rings. The van der Waals surface area contributed by atoms with Gasteiger partial charge in [0.15, 0.2) is 0 Å². The fourth-order valence-corrected chi connectivity index (χ4v) is 6.26. The van der Waals surface area contributed by atoms with Crippen LogP contribution in [0.15, 0.2) is 18.5 Å². The number of H-pyrrole nitrogens is 1. The zero-order valence-electron chi connectivity index (χ0n) is 19.8. The molecule has 2 aliphatic carbocycles. The van der Waals surface area contributed by atoms with Crippen LogP contribution < -0.4 is 4.90 Å². The van der Waals surface area contributed by atoms with Crippen molar-refractivity contribution in [2.45, 2.75) is 51.0 Å². The summed E-state index contributed by atoms with van der Waals surface area (Å²) in [6, 6.07) is 2.18. The number of carbonyl (C=O) groups excluding carboxylic acids is 1. The maximum absolute atomic E-state index is 14.2. The van der Waals surface area contributed by atoms with Crippen LogP contribution in [0.4, 0.5) is 15.0 Å². The van der Waals surface area contributed by atoms with Gasteiger partial charge in [0.1, 0.15) is 11.6 Å². The van der Waals surface area contributed by atoms with E-state index in [0.717, 1.165) is 81.2 Å². The molecule has 1 N–H and O–H groups in total. The highest BCUT2D eigenvalue weighted by Crippen LogP contribution is 2.48. The van der Waals surface area contributed by atoms with Crippen LogP contribution >= 0.6 is 0 Å². The van der Waals surface area contributed by atoms with Crippen LogP contribution in [-0.4, -0.2) is 83.0 Å². The molecule has 2 aromatic rings. The van der Waals surface area contributed by atoms with Crippen LogP contribution in [0.2, 0.25) is 0 Å². The Morgan fingerprint density at radius 2 is 1.97 bits per heavy atom. The SMILES string of the molecule is CCOC(=O)N1CC2(CC[C@@H](N3CCN(c4ncc(F)cc4-c4cn[nH]c4C4CC4)CC3)C2)C1. The average Bonchev–Trinajstić information content (AvgIpc) is 3.37. The molecule has 0 bridgehead atoms. The van der Waals surface area contributed by atoms with E-state index < -0.39 is 0 Å². The fourth-order valence-electron chi connectivity index (χ4n) is 6.26. The van der Waals surface area contributed by atoms with Crippen LogP contribution in [-0.2, 0) is 4.74 Å². The Labute approximate surface area is 199 Å². The first kappa shape index (κ1) is 21.8. The Bertz CT molecular complexity index is 1060. The first-order chi connectivity index (χ1) is 16.5. The minimum Gasteiger partial charge on any atom is -0.450 e. The van der Waals surface area contributed by atoms with Gasteiger partial charge in [-0.3, -0.25) is 10.00 Å². The van der Waals surface area contributed by atoms with E-state index in [2.05, 4.69) is 25.0 Å². The van der Waals surface area contributed by atoms with Crippen LogP contribution in [0.25, 0.3) is 11.1 Å². The second-order valence-corrected chi connectivity index (χ2v) is 10.5. The van der Waals surface area contributed by atoms with Crippen molar-refractivity contribution >= 4 is 11.9 Å². The molecule has 4 aliphatic rings. The van der Waals surface area contributed by atoms with Crippen molar-refractivity contribution in [3.8, 4) is 11.1 Å². The minimum absolute atomic E-state index is 0.171. The third-order valence-electron chi connectivity index (χ3n) is 8.16. The van der Waals surface area contributed by atoms with E-state index in [1.807, 2.05) is 18.0 Å². The van der Waals surface area contributed by atoms with E-state index in [1.165, 1.54) is 19.0 Å². The Balaban J connectivity index is 1.10. The van der Waals surface area contributed by atoms with Crippen LogP contribution in [0.1, 0.15) is 50.6 Å². The first-order valence-corrected chi connectivity index (χ1v) is 12.6. The van der Waals surface area contributed by atoms with Crippen molar-refractivity contribution < 1.29 is 13.9 Å². The Morgan fingerprint density at radius 1 is 1.18 bits per heavy atom. The third kappa shape index (κ3) is 3.93. The maximum atomic E-state index is 14.2. The maximum Gasteiger partial charge on any atom is 0.409 e. The number of rotatable bonds is 5. The van der Waals surface area contributed by atoms with Crippen molar-refractivity contribution in [1.29, 1.82) is 0 Å². The van der Waals surface area contributed by atoms with E-state index in [0.29, 0.717) is 18.6 Å². The number of ether oxygens (including phenoxy) is 1. The molecule has 6 rings (SSSR count). The number of nitrogens with zero attached hydrogens (tertiary/aromatic N) is 5. The summed E-state index contributed by atoms with van der Waals surface area (Å²) >= 11 is 0. The lowest BCUT2D eigenvalue weighted by Crippen LogP contribution is -2.58. The number of hydrogen-bond donors (Lipinski definition) is 1. The molecule has 0 radical (unpaired) electrons. The smallest absolute Gasteiger partial charge is 0.409 e. The van der Waals surface area contributed by atoms with Gasteiger partial charge >= 0.3 is 6.09 Å². The lowest BCUT2D eigenvalue weighted by atomic mass is 9.78. The molecule has 34 heavy (non-hydrogen) atoms. The van der Waals surface area contributed by atoms with Gasteiger partial charge < -0.3 is 14.5 Å². The first-order valence-electron chi connectivity index (χ1n) is 12.6. The number of nitrogens with one attached hydrogen (secondary N) is 1. The van der Waals surface area contributed by atoms with Crippen molar-refractivity contribution in [3.63, 3.8) is 0 Å². The third-order valence-corrected chi connectivity index (χ3v) is 8.16. The molecule has 1 amide bonds. The molecule has 0 aromatic carbocycles. The number of pyridine rings is 1. The highest BCUT2D eigenvalue weighted by Gasteiger charge is 2.51. The van der Waals surface area contributed by atoms with Crippen molar-refractivity contribution in [2.24, 2.45) is 5.41 Å². The number of amides is 1. The van der Waals surface area contributed by atoms with Gasteiger partial charge in [-0.25, -0.2) is 14.2 Å². The normalized spacial score (nSPS) is 24.5. The minimum atomic E-state index is -0.311. The number of carbonyl (C=O) groups is 1. The lowest BCUT2D eigenvalue weighted by molar-refractivity contribution is -0.00294. The van der Waals surface area contributed by atoms with E-state index in [1.54, 1.807) is 6.07 Å². The number of aromatic nitrogens is 3. The molecule has 2 aromatic heterocycles. The molecule has 0 unspecified atom stereocenters. The summed E-state index contributed by atoms with van der Waals surface area (Å²) in [5, 5.41) is 7.40. The van der Waals surface area contributed by atoms with Gasteiger partial charge in [-0.1, -0.05) is 0 Å². The van der Waals surface area contributed by atoms with E-state index >= 15 is 0 Å². The fraction of sp³-hybridized carbons (Fsp3) is 0.640. The summed E-state index contributed by atoms with van der Waals surface area (Å²) in [6.45, 7) is 7.65. The molecule has 182 valence electrons. The summed E-state index contributed by atoms with van der Waals surface area (Å²) in [6.07, 6.45) is 8.82. The second-order valence-electron chi connectivity index (χ2n) is 10.5. The van der Waals surface area contributed by atoms with Crippen LogP contribution in [0.5, 0.6) is 0 Å². The lowest BCUT2D eigenvalue weighted by Gasteiger charge is -2.48. The molecule has 1 spiro atoms. The summed E-state index contributed by atoms with van der Waals surface area (Å²) in [5.74, 6) is 1.05. The zero-order chi connectivity index (χ0) is 23.3. The summed E-state index contributed by atoms with van der Waals surface area (Å²) < 4.78 is 19.4. The van der Waals surface area contributed by atoms with Crippen LogP contribution in [0.3, 0.4) is 0 Å². The number of aromatic amines is 1. The highest BCUT2D eigenvalue weighted by molar-refractivity contribution is 5.77. The Morgan fingerprint density at radius 3 is 2.71 bits per heavy atom. The molecule has 4 heterocycles. The molecule has 2 aliphatic heterocycles. The van der Waals surface area contributed by atoms with Gasteiger partial charge in [-0.2, -0.15) is 5.10 Å². The van der Waals surface area contributed by atoms with Gasteiger partial charge in [-0.15, -0.1) is 0 Å². The Kier molecular flexibility index (Phi) is 5.47. The van der Waals surface area contributed by atoms with Gasteiger partial charge in [0.05, 0.1) is 19.0 Å². The van der Waals surface area contributed by atoms with Crippen molar-refractivity contribution in [2.75, 3.05) is 50.8 Å². The number of piperazine rings is 1. The standard InChI is InChI=1S/C25H33FN6O2/c1-2-34-24(33)32-15-25(16-32)6-5-19(12-25)30-7-9-31(10-8-30)23-20(11-18(26)13-27-23)21-14-28-29-22(21)17-3-4-17/h11,13-14,17,19H,2-10,12,15-16H2,1H3,(H,28,29)/t19-/m1/s1. The quantitative estimate of drug-likeness (QED) is 0.722. The van der Waals surface area contributed by atoms with E-state index in [9.17, 15) is 9.18 Å². The van der Waals surface area contributed by atoms with Gasteiger partial charge in [0.2, 0.25) is 0 Å². The number of halogens is 1. The van der Waals surface area contributed by atoms with E-state index in [-0.39, 0.29) is 17.3 Å². The number of hydrogen-bond acceptors (Lipinski definition) is 6. The number of likely N-dealkylation sites (tertiary alicyclic amines) is 1. The van der Waals surface area contributed by atoms with Crippen LogP contribution in [0, 0.1) is 11.2 Å². The zero-order valence-corrected chi connectivity index (χ0v) is 19.8. The summed E-state index contributed by atoms with van der Waals surface area (Å²) in [4.78, 5) is 23.2. The largest absolute Gasteiger partial charge is 0.450 e. The summed E-state index contributed by atoms with van der Waals surface area (Å²) in [7, 11) is 0. The summed E-state index contributed by atoms with van der Waals surface area (Å²) in [5.41, 5.74) is 3.22. The molecule has 1 atom stereocenters. The second kappa shape index (κ2) is 8.52.